The van der Waals surface area contributed by atoms with Crippen LogP contribution in [-0.2, 0) is 11.3 Å². The maximum atomic E-state index is 11.9. The lowest BCUT2D eigenvalue weighted by atomic mass is 9.91. The Labute approximate surface area is 119 Å². The van der Waals surface area contributed by atoms with Crippen molar-refractivity contribution in [3.05, 3.63) is 35.9 Å². The Balaban J connectivity index is 1.75. The molecule has 0 radical (unpaired) electrons. The zero-order valence-corrected chi connectivity index (χ0v) is 11.6. The lowest BCUT2D eigenvalue weighted by molar-refractivity contribution is 0.0490. The fourth-order valence-corrected chi connectivity index (χ4v) is 2.47. The quantitative estimate of drug-likeness (QED) is 0.872. The maximum absolute atomic E-state index is 11.9. The first-order valence-corrected chi connectivity index (χ1v) is 7.04. The van der Waals surface area contributed by atoms with Crippen LogP contribution in [0.1, 0.15) is 18.4 Å². The lowest BCUT2D eigenvalue weighted by Crippen LogP contribution is -2.43. The largest absolute Gasteiger partial charge is 0.445 e. The summed E-state index contributed by atoms with van der Waals surface area (Å²) in [7, 11) is 0. The molecule has 0 spiro atoms. The number of ether oxygens (including phenoxy) is 1. The number of aliphatic hydroxyl groups is 1. The summed E-state index contributed by atoms with van der Waals surface area (Å²) in [6.45, 7) is 1.82. The van der Waals surface area contributed by atoms with Crippen molar-refractivity contribution < 1.29 is 14.6 Å². The summed E-state index contributed by atoms with van der Waals surface area (Å²) in [5.74, 6) is 0.193. The molecule has 1 heterocycles. The van der Waals surface area contributed by atoms with Crippen molar-refractivity contribution >= 4 is 6.09 Å². The fraction of sp³-hybridized carbons (Fsp3) is 0.533. The molecule has 3 N–H and O–H groups in total. The Morgan fingerprint density at radius 1 is 1.35 bits per heavy atom. The number of benzene rings is 1. The average molecular weight is 278 g/mol. The highest BCUT2D eigenvalue weighted by Crippen LogP contribution is 2.21. The van der Waals surface area contributed by atoms with Gasteiger partial charge in [-0.15, -0.1) is 0 Å². The lowest BCUT2D eigenvalue weighted by Gasteiger charge is -2.33. The SMILES string of the molecule is NCC(O)C1CCN(C(=O)OCc2ccccc2)CC1. The molecular weight excluding hydrogens is 256 g/mol. The first kappa shape index (κ1) is 14.8. The molecule has 1 aromatic rings. The molecule has 1 saturated heterocycles. The molecule has 1 unspecified atom stereocenters. The summed E-state index contributed by atoms with van der Waals surface area (Å²) >= 11 is 0. The summed E-state index contributed by atoms with van der Waals surface area (Å²) in [6, 6.07) is 9.62. The van der Waals surface area contributed by atoms with Gasteiger partial charge in [0.05, 0.1) is 6.10 Å². The summed E-state index contributed by atoms with van der Waals surface area (Å²) in [5.41, 5.74) is 6.44. The Morgan fingerprint density at radius 3 is 2.60 bits per heavy atom. The Bertz CT molecular complexity index is 416. The van der Waals surface area contributed by atoms with Gasteiger partial charge >= 0.3 is 6.09 Å². The smallest absolute Gasteiger partial charge is 0.410 e. The first-order chi connectivity index (χ1) is 9.70. The molecule has 0 aliphatic carbocycles. The Morgan fingerprint density at radius 2 is 2.00 bits per heavy atom. The highest BCUT2D eigenvalue weighted by atomic mass is 16.6. The minimum atomic E-state index is -0.461. The van der Waals surface area contributed by atoms with E-state index in [1.807, 2.05) is 30.3 Å². The zero-order valence-electron chi connectivity index (χ0n) is 11.6. The van der Waals surface area contributed by atoms with Crippen molar-refractivity contribution in [1.29, 1.82) is 0 Å². The number of nitrogens with two attached hydrogens (primary N) is 1. The van der Waals surface area contributed by atoms with E-state index < -0.39 is 6.10 Å². The van der Waals surface area contributed by atoms with Crippen molar-refractivity contribution in [3.63, 3.8) is 0 Å². The third-order valence-corrected chi connectivity index (χ3v) is 3.79. The van der Waals surface area contributed by atoms with E-state index in [4.69, 9.17) is 10.5 Å². The van der Waals surface area contributed by atoms with Gasteiger partial charge in [-0.05, 0) is 24.3 Å². The van der Waals surface area contributed by atoms with Crippen molar-refractivity contribution in [2.75, 3.05) is 19.6 Å². The monoisotopic (exact) mass is 278 g/mol. The second-order valence-corrected chi connectivity index (χ2v) is 5.17. The number of piperidine rings is 1. The van der Waals surface area contributed by atoms with Crippen molar-refractivity contribution in [1.82, 2.24) is 4.90 Å². The van der Waals surface area contributed by atoms with E-state index >= 15 is 0 Å². The number of carbonyl (C=O) groups is 1. The Hall–Kier alpha value is -1.59. The van der Waals surface area contributed by atoms with Gasteiger partial charge in [0.15, 0.2) is 0 Å². The van der Waals surface area contributed by atoms with E-state index in [2.05, 4.69) is 0 Å². The first-order valence-electron chi connectivity index (χ1n) is 7.04. The van der Waals surface area contributed by atoms with Crippen LogP contribution in [0.3, 0.4) is 0 Å². The summed E-state index contributed by atoms with van der Waals surface area (Å²) < 4.78 is 5.29. The van der Waals surface area contributed by atoms with Crippen LogP contribution < -0.4 is 5.73 Å². The molecule has 1 aromatic carbocycles. The van der Waals surface area contributed by atoms with Gasteiger partial charge in [0.1, 0.15) is 6.61 Å². The summed E-state index contributed by atoms with van der Waals surface area (Å²) in [6.07, 6.45) is 0.810. The van der Waals surface area contributed by atoms with Crippen molar-refractivity contribution in [2.24, 2.45) is 11.7 Å². The third kappa shape index (κ3) is 3.95. The second kappa shape index (κ2) is 7.26. The molecule has 0 bridgehead atoms. The van der Waals surface area contributed by atoms with Gasteiger partial charge < -0.3 is 20.5 Å². The second-order valence-electron chi connectivity index (χ2n) is 5.17. The summed E-state index contributed by atoms with van der Waals surface area (Å²) in [4.78, 5) is 13.6. The molecule has 20 heavy (non-hydrogen) atoms. The van der Waals surface area contributed by atoms with Gasteiger partial charge in [-0.25, -0.2) is 4.79 Å². The van der Waals surface area contributed by atoms with Crippen molar-refractivity contribution in [3.8, 4) is 0 Å². The predicted octanol–water partition coefficient (Wildman–Crippen LogP) is 1.35. The maximum Gasteiger partial charge on any atom is 0.410 e. The van der Waals surface area contributed by atoms with Crippen LogP contribution >= 0.6 is 0 Å². The molecule has 1 atom stereocenters. The van der Waals surface area contributed by atoms with E-state index in [-0.39, 0.29) is 18.6 Å². The van der Waals surface area contributed by atoms with Crippen LogP contribution in [0.5, 0.6) is 0 Å². The molecule has 5 nitrogen and oxygen atoms in total. The number of aliphatic hydroxyl groups excluding tert-OH is 1. The van der Waals surface area contributed by atoms with Gasteiger partial charge in [0.2, 0.25) is 0 Å². The number of rotatable bonds is 4. The van der Waals surface area contributed by atoms with Gasteiger partial charge in [0, 0.05) is 19.6 Å². The Kier molecular flexibility index (Phi) is 5.38. The third-order valence-electron chi connectivity index (χ3n) is 3.79. The fourth-order valence-electron chi connectivity index (χ4n) is 2.47. The molecule has 5 heteroatoms. The van der Waals surface area contributed by atoms with Gasteiger partial charge in [-0.2, -0.15) is 0 Å². The normalized spacial score (nSPS) is 17.8. The highest BCUT2D eigenvalue weighted by molar-refractivity contribution is 5.67. The van der Waals surface area contributed by atoms with E-state index in [1.54, 1.807) is 4.90 Å². The molecule has 2 rings (SSSR count). The van der Waals surface area contributed by atoms with Gasteiger partial charge in [-0.3, -0.25) is 0 Å². The molecule has 0 saturated carbocycles. The number of nitrogens with zero attached hydrogens (tertiary/aromatic N) is 1. The number of hydrogen-bond acceptors (Lipinski definition) is 4. The molecule has 0 aromatic heterocycles. The molecule has 1 amide bonds. The average Bonchev–Trinajstić information content (AvgIpc) is 2.53. The standard InChI is InChI=1S/C15H22N2O3/c16-10-14(18)13-6-8-17(9-7-13)15(19)20-11-12-4-2-1-3-5-12/h1-5,13-14,18H,6-11,16H2. The topological polar surface area (TPSA) is 75.8 Å². The molecular formula is C15H22N2O3. The van der Waals surface area contributed by atoms with Crippen LogP contribution in [0.2, 0.25) is 0 Å². The minimum Gasteiger partial charge on any atom is -0.445 e. The van der Waals surface area contributed by atoms with Gasteiger partial charge in [-0.1, -0.05) is 30.3 Å². The number of likely N-dealkylation sites (tertiary alicyclic amines) is 1. The van der Waals surface area contributed by atoms with E-state index in [0.29, 0.717) is 19.7 Å². The van der Waals surface area contributed by atoms with Crippen molar-refractivity contribution in [2.45, 2.75) is 25.6 Å². The molecule has 110 valence electrons. The van der Waals surface area contributed by atoms with E-state index in [0.717, 1.165) is 18.4 Å². The van der Waals surface area contributed by atoms with Crippen LogP contribution in [0.15, 0.2) is 30.3 Å². The number of carbonyl (C=O) groups excluding carboxylic acids is 1. The molecule has 1 fully saturated rings. The minimum absolute atomic E-state index is 0.193. The highest BCUT2D eigenvalue weighted by Gasteiger charge is 2.27. The number of hydrogen-bond donors (Lipinski definition) is 2. The van der Waals surface area contributed by atoms with E-state index in [9.17, 15) is 9.90 Å². The van der Waals surface area contributed by atoms with Crippen LogP contribution in [0.25, 0.3) is 0 Å². The van der Waals surface area contributed by atoms with E-state index in [1.165, 1.54) is 0 Å². The molecule has 1 aliphatic heterocycles. The van der Waals surface area contributed by atoms with Crippen LogP contribution in [0, 0.1) is 5.92 Å². The van der Waals surface area contributed by atoms with Gasteiger partial charge in [0.25, 0.3) is 0 Å². The zero-order chi connectivity index (χ0) is 14.4. The summed E-state index contributed by atoms with van der Waals surface area (Å²) in [5, 5.41) is 9.70. The van der Waals surface area contributed by atoms with Crippen LogP contribution in [-0.4, -0.2) is 41.8 Å². The molecule has 1 aliphatic rings. The number of amides is 1. The van der Waals surface area contributed by atoms with Crippen LogP contribution in [0.4, 0.5) is 4.79 Å². The predicted molar refractivity (Wildman–Crippen MR) is 76.0 cm³/mol.